The summed E-state index contributed by atoms with van der Waals surface area (Å²) in [6.45, 7) is 9.94. The molecule has 0 aliphatic carbocycles. The van der Waals surface area contributed by atoms with E-state index in [4.69, 9.17) is 9.47 Å². The standard InChI is InChI=1S/C25H39NO3/c1-5-9-11-20(7-3)18-28-24-16-23(17-27)25(15-22(24)13-14-26)29-19-21(8-4)12-10-6-2/h15-17,20-21H,5-13,18-19H2,1-4H3. The molecule has 0 saturated heterocycles. The van der Waals surface area contributed by atoms with Crippen LogP contribution in [0.1, 0.15) is 95.0 Å². The van der Waals surface area contributed by atoms with Gasteiger partial charge in [-0.3, -0.25) is 4.79 Å². The van der Waals surface area contributed by atoms with E-state index in [1.165, 1.54) is 25.7 Å². The van der Waals surface area contributed by atoms with Gasteiger partial charge in [0.15, 0.2) is 6.29 Å². The molecule has 0 N–H and O–H groups in total. The third-order valence-corrected chi connectivity index (χ3v) is 5.63. The number of rotatable bonds is 16. The molecule has 0 aliphatic heterocycles. The monoisotopic (exact) mass is 401 g/mol. The Morgan fingerprint density at radius 1 is 0.931 bits per heavy atom. The van der Waals surface area contributed by atoms with Crippen molar-refractivity contribution in [3.05, 3.63) is 23.3 Å². The van der Waals surface area contributed by atoms with Gasteiger partial charge in [-0.25, -0.2) is 0 Å². The van der Waals surface area contributed by atoms with Crippen LogP contribution in [0.5, 0.6) is 11.5 Å². The van der Waals surface area contributed by atoms with Crippen LogP contribution in [0.2, 0.25) is 0 Å². The van der Waals surface area contributed by atoms with Crippen molar-refractivity contribution < 1.29 is 14.3 Å². The highest BCUT2D eigenvalue weighted by Gasteiger charge is 2.15. The summed E-state index contributed by atoms with van der Waals surface area (Å²) in [6.07, 6.45) is 10.2. The Hall–Kier alpha value is -2.02. The van der Waals surface area contributed by atoms with E-state index in [1.54, 1.807) is 6.07 Å². The lowest BCUT2D eigenvalue weighted by Gasteiger charge is -2.20. The van der Waals surface area contributed by atoms with Crippen LogP contribution in [0.25, 0.3) is 0 Å². The number of hydrogen-bond acceptors (Lipinski definition) is 4. The third kappa shape index (κ3) is 8.90. The second kappa shape index (κ2) is 14.9. The number of aldehydes is 1. The Labute approximate surface area is 177 Å². The highest BCUT2D eigenvalue weighted by Crippen LogP contribution is 2.30. The number of hydrogen-bond donors (Lipinski definition) is 0. The number of carbonyl (C=O) groups is 1. The Morgan fingerprint density at radius 2 is 1.48 bits per heavy atom. The van der Waals surface area contributed by atoms with E-state index in [0.29, 0.717) is 42.1 Å². The van der Waals surface area contributed by atoms with E-state index in [-0.39, 0.29) is 6.42 Å². The van der Waals surface area contributed by atoms with Crippen LogP contribution in [0, 0.1) is 23.2 Å². The van der Waals surface area contributed by atoms with Crippen molar-refractivity contribution in [1.82, 2.24) is 0 Å². The molecule has 4 nitrogen and oxygen atoms in total. The highest BCUT2D eigenvalue weighted by molar-refractivity contribution is 5.80. The van der Waals surface area contributed by atoms with Crippen LogP contribution >= 0.6 is 0 Å². The molecule has 1 rings (SSSR count). The lowest BCUT2D eigenvalue weighted by Crippen LogP contribution is -2.14. The van der Waals surface area contributed by atoms with E-state index in [9.17, 15) is 10.1 Å². The van der Waals surface area contributed by atoms with E-state index in [0.717, 1.165) is 37.5 Å². The first-order chi connectivity index (χ1) is 14.1. The first-order valence-electron chi connectivity index (χ1n) is 11.4. The first kappa shape index (κ1) is 25.0. The summed E-state index contributed by atoms with van der Waals surface area (Å²) < 4.78 is 12.1. The first-order valence-corrected chi connectivity index (χ1v) is 11.4. The van der Waals surface area contributed by atoms with Gasteiger partial charge in [-0.2, -0.15) is 5.26 Å². The maximum atomic E-state index is 11.7. The molecular formula is C25H39NO3. The molecule has 2 unspecified atom stereocenters. The van der Waals surface area contributed by atoms with Gasteiger partial charge in [0.05, 0.1) is 31.3 Å². The Balaban J connectivity index is 2.93. The topological polar surface area (TPSA) is 59.3 Å². The second-order valence-electron chi connectivity index (χ2n) is 7.91. The number of nitrogens with zero attached hydrogens (tertiary/aromatic N) is 1. The van der Waals surface area contributed by atoms with Gasteiger partial charge in [0.2, 0.25) is 0 Å². The molecular weight excluding hydrogens is 362 g/mol. The van der Waals surface area contributed by atoms with Crippen molar-refractivity contribution in [3.8, 4) is 17.6 Å². The van der Waals surface area contributed by atoms with E-state index < -0.39 is 0 Å². The van der Waals surface area contributed by atoms with Crippen molar-refractivity contribution in [2.45, 2.75) is 85.5 Å². The van der Waals surface area contributed by atoms with Crippen LogP contribution in [-0.2, 0) is 6.42 Å². The Morgan fingerprint density at radius 3 is 1.93 bits per heavy atom. The van der Waals surface area contributed by atoms with Gasteiger partial charge in [0.1, 0.15) is 11.5 Å². The number of benzene rings is 1. The zero-order valence-corrected chi connectivity index (χ0v) is 18.8. The minimum absolute atomic E-state index is 0.240. The van der Waals surface area contributed by atoms with Crippen molar-refractivity contribution >= 4 is 6.29 Å². The molecule has 29 heavy (non-hydrogen) atoms. The van der Waals surface area contributed by atoms with Gasteiger partial charge in [-0.15, -0.1) is 0 Å². The van der Waals surface area contributed by atoms with Gasteiger partial charge < -0.3 is 9.47 Å². The van der Waals surface area contributed by atoms with Gasteiger partial charge in [-0.1, -0.05) is 66.2 Å². The summed E-state index contributed by atoms with van der Waals surface area (Å²) in [7, 11) is 0. The van der Waals surface area contributed by atoms with Gasteiger partial charge in [-0.05, 0) is 36.8 Å². The SMILES string of the molecule is CCCCC(CC)COc1cc(CC#N)c(OCC(CC)CCCC)cc1C=O. The Bertz CT molecular complexity index is 636. The summed E-state index contributed by atoms with van der Waals surface area (Å²) in [5.74, 6) is 2.16. The summed E-state index contributed by atoms with van der Waals surface area (Å²) in [6, 6.07) is 5.77. The predicted octanol–water partition coefficient (Wildman–Crippen LogP) is 6.76. The van der Waals surface area contributed by atoms with Crippen LogP contribution in [0.3, 0.4) is 0 Å². The predicted molar refractivity (Wildman–Crippen MR) is 119 cm³/mol. The summed E-state index contributed by atoms with van der Waals surface area (Å²) >= 11 is 0. The zero-order chi connectivity index (χ0) is 21.5. The van der Waals surface area contributed by atoms with Crippen LogP contribution in [0.15, 0.2) is 12.1 Å². The fraction of sp³-hybridized carbons (Fsp3) is 0.680. The number of nitriles is 1. The smallest absolute Gasteiger partial charge is 0.153 e. The summed E-state index contributed by atoms with van der Waals surface area (Å²) in [5.41, 5.74) is 1.29. The Kier molecular flexibility index (Phi) is 12.9. The molecule has 4 heteroatoms. The molecule has 0 saturated carbocycles. The number of carbonyl (C=O) groups excluding carboxylic acids is 1. The van der Waals surface area contributed by atoms with Gasteiger partial charge >= 0.3 is 0 Å². The van der Waals surface area contributed by atoms with Crippen LogP contribution < -0.4 is 9.47 Å². The molecule has 0 radical (unpaired) electrons. The largest absolute Gasteiger partial charge is 0.493 e. The molecule has 0 spiro atoms. The molecule has 0 aromatic heterocycles. The normalized spacial score (nSPS) is 12.8. The van der Waals surface area contributed by atoms with E-state index >= 15 is 0 Å². The molecule has 1 aromatic carbocycles. The molecule has 2 atom stereocenters. The molecule has 0 bridgehead atoms. The lowest BCUT2D eigenvalue weighted by atomic mass is 10.00. The quantitative estimate of drug-likeness (QED) is 0.287. The minimum Gasteiger partial charge on any atom is -0.493 e. The van der Waals surface area contributed by atoms with Gasteiger partial charge in [0, 0.05) is 5.56 Å². The lowest BCUT2D eigenvalue weighted by molar-refractivity contribution is 0.111. The van der Waals surface area contributed by atoms with Crippen molar-refractivity contribution in [1.29, 1.82) is 5.26 Å². The summed E-state index contributed by atoms with van der Waals surface area (Å²) in [4.78, 5) is 11.7. The van der Waals surface area contributed by atoms with Crippen LogP contribution in [0.4, 0.5) is 0 Å². The maximum Gasteiger partial charge on any atom is 0.153 e. The fourth-order valence-corrected chi connectivity index (χ4v) is 3.40. The van der Waals surface area contributed by atoms with Gasteiger partial charge in [0.25, 0.3) is 0 Å². The average molecular weight is 402 g/mol. The molecule has 0 amide bonds. The molecule has 162 valence electrons. The number of unbranched alkanes of at least 4 members (excludes halogenated alkanes) is 2. The average Bonchev–Trinajstić information content (AvgIpc) is 2.75. The zero-order valence-electron chi connectivity index (χ0n) is 18.8. The second-order valence-corrected chi connectivity index (χ2v) is 7.91. The molecule has 1 aromatic rings. The molecule has 0 heterocycles. The van der Waals surface area contributed by atoms with E-state index in [2.05, 4.69) is 33.8 Å². The van der Waals surface area contributed by atoms with Crippen molar-refractivity contribution in [2.75, 3.05) is 13.2 Å². The third-order valence-electron chi connectivity index (χ3n) is 5.63. The van der Waals surface area contributed by atoms with E-state index in [1.807, 2.05) is 6.07 Å². The number of ether oxygens (including phenoxy) is 2. The summed E-state index contributed by atoms with van der Waals surface area (Å²) in [5, 5.41) is 9.24. The fourth-order valence-electron chi connectivity index (χ4n) is 3.40. The van der Waals surface area contributed by atoms with Crippen LogP contribution in [-0.4, -0.2) is 19.5 Å². The molecule has 0 fully saturated rings. The highest BCUT2D eigenvalue weighted by atomic mass is 16.5. The van der Waals surface area contributed by atoms with Crippen molar-refractivity contribution in [3.63, 3.8) is 0 Å². The molecule has 0 aliphatic rings. The minimum atomic E-state index is 0.240. The maximum absolute atomic E-state index is 11.7. The van der Waals surface area contributed by atoms with Crippen molar-refractivity contribution in [2.24, 2.45) is 11.8 Å².